The Balaban J connectivity index is 1.82. The Morgan fingerprint density at radius 1 is 1.24 bits per heavy atom. The number of fused-ring (bicyclic) bond motifs is 1. The minimum absolute atomic E-state index is 0.267. The van der Waals surface area contributed by atoms with Crippen LogP contribution < -0.4 is 15.0 Å². The van der Waals surface area contributed by atoms with Crippen molar-refractivity contribution in [3.63, 3.8) is 0 Å². The van der Waals surface area contributed by atoms with E-state index in [0.29, 0.717) is 0 Å². The number of nitrogens with one attached hydrogen (secondary N) is 1. The average molecular weight is 232 g/mol. The van der Waals surface area contributed by atoms with E-state index in [1.165, 1.54) is 38.0 Å². The maximum Gasteiger partial charge on any atom is 0.143 e. The van der Waals surface area contributed by atoms with Gasteiger partial charge in [-0.15, -0.1) is 0 Å². The Morgan fingerprint density at radius 3 is 2.88 bits per heavy atom. The molecule has 1 N–H and O–H groups in total. The Labute approximate surface area is 103 Å². The van der Waals surface area contributed by atoms with Crippen LogP contribution in [0.5, 0.6) is 5.75 Å². The van der Waals surface area contributed by atoms with Crippen LogP contribution in [0.3, 0.4) is 0 Å². The van der Waals surface area contributed by atoms with Crippen LogP contribution >= 0.6 is 0 Å². The first-order valence-electron chi connectivity index (χ1n) is 6.62. The number of anilines is 2. The van der Waals surface area contributed by atoms with Crippen LogP contribution in [0.4, 0.5) is 11.4 Å². The smallest absolute Gasteiger partial charge is 0.143 e. The first kappa shape index (κ1) is 10.8. The monoisotopic (exact) mass is 232 g/mol. The van der Waals surface area contributed by atoms with Gasteiger partial charge in [0.25, 0.3) is 0 Å². The van der Waals surface area contributed by atoms with Gasteiger partial charge in [-0.2, -0.15) is 0 Å². The van der Waals surface area contributed by atoms with E-state index in [0.717, 1.165) is 18.0 Å². The van der Waals surface area contributed by atoms with Crippen molar-refractivity contribution >= 4 is 11.4 Å². The minimum Gasteiger partial charge on any atom is -0.487 e. The predicted octanol–water partition coefficient (Wildman–Crippen LogP) is 2.87. The van der Waals surface area contributed by atoms with Gasteiger partial charge < -0.3 is 15.0 Å². The summed E-state index contributed by atoms with van der Waals surface area (Å²) in [5.41, 5.74) is 2.47. The van der Waals surface area contributed by atoms with Gasteiger partial charge >= 0.3 is 0 Å². The van der Waals surface area contributed by atoms with E-state index >= 15 is 0 Å². The maximum atomic E-state index is 5.79. The molecule has 2 aliphatic rings. The van der Waals surface area contributed by atoms with Crippen LogP contribution in [0.1, 0.15) is 26.2 Å². The fourth-order valence-corrected chi connectivity index (χ4v) is 2.62. The Morgan fingerprint density at radius 2 is 2.06 bits per heavy atom. The number of piperidine rings is 1. The zero-order valence-corrected chi connectivity index (χ0v) is 10.4. The fraction of sp³-hybridized carbons (Fsp3) is 0.571. The largest absolute Gasteiger partial charge is 0.487 e. The van der Waals surface area contributed by atoms with E-state index in [4.69, 9.17) is 4.74 Å². The topological polar surface area (TPSA) is 24.5 Å². The SMILES string of the molecule is CC1CNc2cc(N3CCCCC3)ccc2O1. The van der Waals surface area contributed by atoms with Crippen LogP contribution in [-0.4, -0.2) is 25.7 Å². The van der Waals surface area contributed by atoms with E-state index in [-0.39, 0.29) is 6.10 Å². The van der Waals surface area contributed by atoms with E-state index in [1.54, 1.807) is 0 Å². The molecule has 1 aromatic rings. The molecule has 2 aliphatic heterocycles. The molecular weight excluding hydrogens is 212 g/mol. The first-order valence-corrected chi connectivity index (χ1v) is 6.62. The summed E-state index contributed by atoms with van der Waals surface area (Å²) in [4.78, 5) is 2.48. The highest BCUT2D eigenvalue weighted by molar-refractivity contribution is 5.66. The van der Waals surface area contributed by atoms with Crippen molar-refractivity contribution in [3.8, 4) is 5.75 Å². The number of benzene rings is 1. The van der Waals surface area contributed by atoms with Gasteiger partial charge in [0, 0.05) is 18.8 Å². The second-order valence-corrected chi connectivity index (χ2v) is 5.04. The van der Waals surface area contributed by atoms with Gasteiger partial charge in [0.05, 0.1) is 12.2 Å². The summed E-state index contributed by atoms with van der Waals surface area (Å²) in [6, 6.07) is 6.51. The van der Waals surface area contributed by atoms with E-state index in [1.807, 2.05) is 0 Å². The lowest BCUT2D eigenvalue weighted by atomic mass is 10.1. The van der Waals surface area contributed by atoms with Gasteiger partial charge in [0.15, 0.2) is 0 Å². The van der Waals surface area contributed by atoms with Crippen LogP contribution in [0.2, 0.25) is 0 Å². The van der Waals surface area contributed by atoms with Gasteiger partial charge in [0.2, 0.25) is 0 Å². The first-order chi connectivity index (χ1) is 8.33. The van der Waals surface area contributed by atoms with Crippen LogP contribution in [0.15, 0.2) is 18.2 Å². The number of ether oxygens (including phenoxy) is 1. The summed E-state index contributed by atoms with van der Waals surface area (Å²) >= 11 is 0. The van der Waals surface area contributed by atoms with Crippen molar-refractivity contribution in [2.75, 3.05) is 29.9 Å². The zero-order valence-electron chi connectivity index (χ0n) is 10.4. The number of nitrogens with zero attached hydrogens (tertiary/aromatic N) is 1. The molecule has 3 nitrogen and oxygen atoms in total. The molecular formula is C14H20N2O. The lowest BCUT2D eigenvalue weighted by Gasteiger charge is -2.31. The summed E-state index contributed by atoms with van der Waals surface area (Å²) in [5, 5.41) is 3.44. The second kappa shape index (κ2) is 4.47. The molecule has 0 aromatic heterocycles. The van der Waals surface area contributed by atoms with Crippen molar-refractivity contribution in [2.45, 2.75) is 32.3 Å². The maximum absolute atomic E-state index is 5.79. The Bertz CT molecular complexity index is 399. The number of rotatable bonds is 1. The third-order valence-corrected chi connectivity index (χ3v) is 3.59. The molecule has 1 saturated heterocycles. The summed E-state index contributed by atoms with van der Waals surface area (Å²) in [5.74, 6) is 0.990. The molecule has 0 radical (unpaired) electrons. The highest BCUT2D eigenvalue weighted by Crippen LogP contribution is 2.33. The van der Waals surface area contributed by atoms with Gasteiger partial charge in [-0.25, -0.2) is 0 Å². The molecule has 1 aromatic carbocycles. The molecule has 0 saturated carbocycles. The fourth-order valence-electron chi connectivity index (χ4n) is 2.62. The van der Waals surface area contributed by atoms with Crippen LogP contribution in [0, 0.1) is 0 Å². The highest BCUT2D eigenvalue weighted by atomic mass is 16.5. The molecule has 2 heterocycles. The third kappa shape index (κ3) is 2.19. The molecule has 0 bridgehead atoms. The van der Waals surface area contributed by atoms with Crippen molar-refractivity contribution in [1.82, 2.24) is 0 Å². The summed E-state index contributed by atoms with van der Waals surface area (Å²) < 4.78 is 5.79. The summed E-state index contributed by atoms with van der Waals surface area (Å²) in [6.45, 7) is 5.37. The van der Waals surface area contributed by atoms with Crippen LogP contribution in [0.25, 0.3) is 0 Å². The average Bonchev–Trinajstić information content (AvgIpc) is 2.39. The van der Waals surface area contributed by atoms with Crippen LogP contribution in [-0.2, 0) is 0 Å². The normalized spacial score (nSPS) is 23.6. The Hall–Kier alpha value is -1.38. The van der Waals surface area contributed by atoms with E-state index < -0.39 is 0 Å². The predicted molar refractivity (Wildman–Crippen MR) is 71.1 cm³/mol. The van der Waals surface area contributed by atoms with Crippen molar-refractivity contribution in [2.24, 2.45) is 0 Å². The van der Waals surface area contributed by atoms with Gasteiger partial charge in [-0.05, 0) is 44.4 Å². The molecule has 1 unspecified atom stereocenters. The molecule has 0 spiro atoms. The van der Waals surface area contributed by atoms with E-state index in [2.05, 4.69) is 35.3 Å². The van der Waals surface area contributed by atoms with E-state index in [9.17, 15) is 0 Å². The summed E-state index contributed by atoms with van der Waals surface area (Å²) in [7, 11) is 0. The van der Waals surface area contributed by atoms with Gasteiger partial charge in [-0.1, -0.05) is 0 Å². The number of hydrogen-bond acceptors (Lipinski definition) is 3. The molecule has 3 rings (SSSR count). The zero-order chi connectivity index (χ0) is 11.7. The van der Waals surface area contributed by atoms with Gasteiger partial charge in [-0.3, -0.25) is 0 Å². The number of hydrogen-bond donors (Lipinski definition) is 1. The molecule has 3 heteroatoms. The molecule has 0 aliphatic carbocycles. The second-order valence-electron chi connectivity index (χ2n) is 5.04. The quantitative estimate of drug-likeness (QED) is 0.805. The molecule has 92 valence electrons. The standard InChI is InChI=1S/C14H20N2O/c1-11-10-15-13-9-12(5-6-14(13)17-11)16-7-3-2-4-8-16/h5-6,9,11,15H,2-4,7-8,10H2,1H3. The lowest BCUT2D eigenvalue weighted by molar-refractivity contribution is 0.226. The summed E-state index contributed by atoms with van der Waals surface area (Å²) in [6.07, 6.45) is 4.28. The Kier molecular flexibility index (Phi) is 2.83. The van der Waals surface area contributed by atoms with Crippen molar-refractivity contribution < 1.29 is 4.74 Å². The lowest BCUT2D eigenvalue weighted by Crippen LogP contribution is -2.30. The highest BCUT2D eigenvalue weighted by Gasteiger charge is 2.17. The van der Waals surface area contributed by atoms with Crippen molar-refractivity contribution in [1.29, 1.82) is 0 Å². The molecule has 1 atom stereocenters. The minimum atomic E-state index is 0.267. The molecule has 0 amide bonds. The molecule has 17 heavy (non-hydrogen) atoms. The van der Waals surface area contributed by atoms with Crippen molar-refractivity contribution in [3.05, 3.63) is 18.2 Å². The third-order valence-electron chi connectivity index (χ3n) is 3.59. The molecule has 1 fully saturated rings. The van der Waals surface area contributed by atoms with Gasteiger partial charge in [0.1, 0.15) is 11.9 Å².